The molecule has 2 N–H and O–H groups in total. The van der Waals surface area contributed by atoms with E-state index in [2.05, 4.69) is 21.3 Å². The van der Waals surface area contributed by atoms with Gasteiger partial charge in [-0.3, -0.25) is 0 Å². The van der Waals surface area contributed by atoms with E-state index < -0.39 is 0 Å². The summed E-state index contributed by atoms with van der Waals surface area (Å²) in [4.78, 5) is 11.9. The first-order valence-corrected chi connectivity index (χ1v) is 11.0. The van der Waals surface area contributed by atoms with E-state index in [9.17, 15) is 10.1 Å². The summed E-state index contributed by atoms with van der Waals surface area (Å²) in [7, 11) is 0. The summed E-state index contributed by atoms with van der Waals surface area (Å²) < 4.78 is 7.98. The lowest BCUT2D eigenvalue weighted by atomic mass is 10.1. The number of nitrogens with zero attached hydrogens (tertiary/aromatic N) is 2. The van der Waals surface area contributed by atoms with Crippen molar-refractivity contribution >= 4 is 22.6 Å². The molecule has 160 valence electrons. The van der Waals surface area contributed by atoms with Gasteiger partial charge in [-0.15, -0.1) is 0 Å². The fourth-order valence-corrected chi connectivity index (χ4v) is 3.87. The van der Waals surface area contributed by atoms with E-state index in [0.717, 1.165) is 46.6 Å². The summed E-state index contributed by atoms with van der Waals surface area (Å²) in [5.74, 6) is 1.47. The van der Waals surface area contributed by atoms with Crippen molar-refractivity contribution in [1.29, 1.82) is 5.26 Å². The smallest absolute Gasteiger partial charge is 0.319 e. The first-order valence-electron chi connectivity index (χ1n) is 11.0. The Morgan fingerprint density at radius 2 is 1.97 bits per heavy atom. The van der Waals surface area contributed by atoms with Gasteiger partial charge in [0.15, 0.2) is 0 Å². The number of rotatable bonds is 8. The van der Waals surface area contributed by atoms with Gasteiger partial charge < -0.3 is 19.9 Å². The number of hydrogen-bond acceptors (Lipinski definition) is 3. The summed E-state index contributed by atoms with van der Waals surface area (Å²) in [6.45, 7) is 6.12. The van der Waals surface area contributed by atoms with E-state index >= 15 is 0 Å². The minimum atomic E-state index is -0.210. The number of nitrogens with one attached hydrogen (secondary N) is 2. The molecule has 1 fully saturated rings. The highest BCUT2D eigenvalue weighted by atomic mass is 16.5. The molecule has 0 atom stereocenters. The van der Waals surface area contributed by atoms with Crippen molar-refractivity contribution in [2.75, 3.05) is 18.5 Å². The number of fused-ring (bicyclic) bond motifs is 1. The standard InChI is InChI=1S/C25H28N4O2/c1-3-13-27-25(30)28-19-9-7-18(8-10-19)24-22(15-26)21-12-11-20(31-4-2)14-23(21)29(24)16-17-5-6-17/h7-12,14,17H,3-6,13,16H2,1-2H3,(H2,27,28,30). The highest BCUT2D eigenvalue weighted by Crippen LogP contribution is 2.39. The van der Waals surface area contributed by atoms with Crippen LogP contribution in [0.2, 0.25) is 0 Å². The molecular formula is C25H28N4O2. The summed E-state index contributed by atoms with van der Waals surface area (Å²) in [6.07, 6.45) is 3.34. The molecule has 0 unspecified atom stereocenters. The second-order valence-electron chi connectivity index (χ2n) is 7.96. The Hall–Kier alpha value is -3.46. The Kier molecular flexibility index (Phi) is 6.13. The molecule has 1 heterocycles. The molecule has 3 aromatic rings. The van der Waals surface area contributed by atoms with E-state index in [1.165, 1.54) is 12.8 Å². The average molecular weight is 417 g/mol. The minimum absolute atomic E-state index is 0.210. The van der Waals surface area contributed by atoms with E-state index in [-0.39, 0.29) is 6.03 Å². The Morgan fingerprint density at radius 1 is 1.19 bits per heavy atom. The van der Waals surface area contributed by atoms with Gasteiger partial charge in [0.25, 0.3) is 0 Å². The number of aromatic nitrogens is 1. The number of amides is 2. The zero-order valence-corrected chi connectivity index (χ0v) is 18.1. The molecule has 0 spiro atoms. The number of ether oxygens (including phenoxy) is 1. The maximum atomic E-state index is 11.9. The van der Waals surface area contributed by atoms with Gasteiger partial charge in [-0.25, -0.2) is 4.79 Å². The zero-order valence-electron chi connectivity index (χ0n) is 18.1. The highest BCUT2D eigenvalue weighted by molar-refractivity contribution is 5.96. The third kappa shape index (κ3) is 4.51. The Bertz CT molecular complexity index is 1120. The third-order valence-electron chi connectivity index (χ3n) is 5.55. The quantitative estimate of drug-likeness (QED) is 0.507. The van der Waals surface area contributed by atoms with Crippen molar-refractivity contribution in [3.63, 3.8) is 0 Å². The molecule has 1 saturated carbocycles. The molecule has 0 aliphatic heterocycles. The number of nitriles is 1. The van der Waals surface area contributed by atoms with Gasteiger partial charge in [-0.05, 0) is 61.9 Å². The van der Waals surface area contributed by atoms with E-state index in [1.54, 1.807) is 0 Å². The van der Waals surface area contributed by atoms with Crippen molar-refractivity contribution in [3.05, 3.63) is 48.0 Å². The number of anilines is 1. The summed E-state index contributed by atoms with van der Waals surface area (Å²) in [6, 6.07) is 15.9. The molecule has 1 aliphatic carbocycles. The van der Waals surface area contributed by atoms with Crippen LogP contribution in [0.15, 0.2) is 42.5 Å². The number of carbonyl (C=O) groups is 1. The molecule has 6 nitrogen and oxygen atoms in total. The van der Waals surface area contributed by atoms with Gasteiger partial charge in [0.2, 0.25) is 0 Å². The van der Waals surface area contributed by atoms with Crippen molar-refractivity contribution in [1.82, 2.24) is 9.88 Å². The van der Waals surface area contributed by atoms with Crippen LogP contribution in [0.3, 0.4) is 0 Å². The van der Waals surface area contributed by atoms with Crippen LogP contribution in [0.1, 0.15) is 38.7 Å². The molecule has 31 heavy (non-hydrogen) atoms. The van der Waals surface area contributed by atoms with E-state index in [4.69, 9.17) is 4.74 Å². The largest absolute Gasteiger partial charge is 0.494 e. The van der Waals surface area contributed by atoms with Gasteiger partial charge in [-0.2, -0.15) is 5.26 Å². The van der Waals surface area contributed by atoms with Crippen molar-refractivity contribution in [2.24, 2.45) is 5.92 Å². The maximum Gasteiger partial charge on any atom is 0.319 e. The fourth-order valence-electron chi connectivity index (χ4n) is 3.87. The van der Waals surface area contributed by atoms with Crippen LogP contribution >= 0.6 is 0 Å². The highest BCUT2D eigenvalue weighted by Gasteiger charge is 2.26. The van der Waals surface area contributed by atoms with Crippen molar-refractivity contribution < 1.29 is 9.53 Å². The van der Waals surface area contributed by atoms with E-state index in [0.29, 0.717) is 24.6 Å². The molecule has 1 aliphatic rings. The zero-order chi connectivity index (χ0) is 21.8. The monoisotopic (exact) mass is 416 g/mol. The van der Waals surface area contributed by atoms with Crippen molar-refractivity contribution in [2.45, 2.75) is 39.7 Å². The van der Waals surface area contributed by atoms with Gasteiger partial charge in [0, 0.05) is 30.2 Å². The summed E-state index contributed by atoms with van der Waals surface area (Å²) in [5, 5.41) is 16.6. The lowest BCUT2D eigenvalue weighted by molar-refractivity contribution is 0.252. The topological polar surface area (TPSA) is 79.1 Å². The van der Waals surface area contributed by atoms with Crippen LogP contribution < -0.4 is 15.4 Å². The lowest BCUT2D eigenvalue weighted by Crippen LogP contribution is -2.29. The maximum absolute atomic E-state index is 11.9. The first-order chi connectivity index (χ1) is 15.1. The van der Waals surface area contributed by atoms with Gasteiger partial charge in [0.1, 0.15) is 11.8 Å². The van der Waals surface area contributed by atoms with Crippen LogP contribution in [0.4, 0.5) is 10.5 Å². The van der Waals surface area contributed by atoms with Crippen LogP contribution in [-0.2, 0) is 6.54 Å². The van der Waals surface area contributed by atoms with Crippen LogP contribution in [-0.4, -0.2) is 23.7 Å². The molecule has 0 radical (unpaired) electrons. The van der Waals surface area contributed by atoms with Crippen LogP contribution in [0, 0.1) is 17.2 Å². The molecule has 0 bridgehead atoms. The minimum Gasteiger partial charge on any atom is -0.494 e. The lowest BCUT2D eigenvalue weighted by Gasteiger charge is -2.12. The number of urea groups is 1. The summed E-state index contributed by atoms with van der Waals surface area (Å²) >= 11 is 0. The SMILES string of the molecule is CCCNC(=O)Nc1ccc(-c2c(C#N)c3ccc(OCC)cc3n2CC2CC2)cc1. The third-order valence-corrected chi connectivity index (χ3v) is 5.55. The molecule has 2 amide bonds. The second kappa shape index (κ2) is 9.13. The Labute approximate surface area is 182 Å². The average Bonchev–Trinajstić information content (AvgIpc) is 3.55. The molecule has 1 aromatic heterocycles. The van der Waals surface area contributed by atoms with Crippen molar-refractivity contribution in [3.8, 4) is 23.1 Å². The molecule has 6 heteroatoms. The predicted molar refractivity (Wildman–Crippen MR) is 123 cm³/mol. The van der Waals surface area contributed by atoms with Crippen LogP contribution in [0.5, 0.6) is 5.75 Å². The van der Waals surface area contributed by atoms with Gasteiger partial charge in [-0.1, -0.05) is 19.1 Å². The molecule has 2 aromatic carbocycles. The number of hydrogen-bond donors (Lipinski definition) is 2. The molecule has 4 rings (SSSR count). The Balaban J connectivity index is 1.73. The second-order valence-corrected chi connectivity index (χ2v) is 7.96. The summed E-state index contributed by atoms with van der Waals surface area (Å²) in [5.41, 5.74) is 4.33. The normalized spacial score (nSPS) is 13.1. The Morgan fingerprint density at radius 3 is 2.61 bits per heavy atom. The number of benzene rings is 2. The van der Waals surface area contributed by atoms with Crippen LogP contribution in [0.25, 0.3) is 22.2 Å². The van der Waals surface area contributed by atoms with Gasteiger partial charge >= 0.3 is 6.03 Å². The molecule has 0 saturated heterocycles. The predicted octanol–water partition coefficient (Wildman–Crippen LogP) is 5.52. The number of carbonyl (C=O) groups excluding carboxylic acids is 1. The molecular weight excluding hydrogens is 388 g/mol. The fraction of sp³-hybridized carbons (Fsp3) is 0.360. The first kappa shape index (κ1) is 20.8. The van der Waals surface area contributed by atoms with Gasteiger partial charge in [0.05, 0.1) is 23.4 Å². The van der Waals surface area contributed by atoms with E-state index in [1.807, 2.05) is 56.3 Å².